The molecule has 2 aromatic carbocycles. The molecule has 3 aromatic rings. The Morgan fingerprint density at radius 2 is 1.54 bits per heavy atom. The molecular weight excluding hydrogens is 444 g/mol. The molecule has 1 fully saturated rings. The quantitative estimate of drug-likeness (QED) is 0.423. The molecule has 1 aliphatic heterocycles. The Morgan fingerprint density at radius 1 is 0.914 bits per heavy atom. The van der Waals surface area contributed by atoms with E-state index in [1.807, 2.05) is 60.7 Å². The first-order chi connectivity index (χ1) is 17.0. The Morgan fingerprint density at radius 3 is 2.14 bits per heavy atom. The van der Waals surface area contributed by atoms with Gasteiger partial charge in [0.15, 0.2) is 0 Å². The van der Waals surface area contributed by atoms with E-state index in [1.54, 1.807) is 25.2 Å². The number of allylic oxidation sites excluding steroid dienone is 2. The molecule has 2 amide bonds. The van der Waals surface area contributed by atoms with Gasteiger partial charge < -0.3 is 10.2 Å². The molecule has 174 valence electrons. The number of carbonyl (C=O) groups excluding carboxylic acids is 2. The van der Waals surface area contributed by atoms with Gasteiger partial charge in [0.1, 0.15) is 0 Å². The molecule has 8 heteroatoms. The fraction of sp³-hybridized carbons (Fsp3) is 0.148. The molecule has 1 saturated heterocycles. The number of pyridine rings is 1. The number of aryl methyl sites for hydroxylation is 1. The maximum atomic E-state index is 13.8. The molecule has 2 aliphatic rings. The number of benzene rings is 2. The summed E-state index contributed by atoms with van der Waals surface area (Å²) in [4.78, 5) is 32.0. The van der Waals surface area contributed by atoms with Crippen LogP contribution in [-0.2, 0) is 9.59 Å². The monoisotopic (exact) mass is 464 g/mol. The summed E-state index contributed by atoms with van der Waals surface area (Å²) in [5.74, 6) is -3.75. The number of aromatic nitrogens is 1. The molecule has 0 radical (unpaired) electrons. The van der Waals surface area contributed by atoms with Crippen LogP contribution in [0.1, 0.15) is 22.7 Å². The topological polar surface area (TPSA) is 121 Å². The van der Waals surface area contributed by atoms with Gasteiger partial charge in [0, 0.05) is 5.88 Å². The normalized spacial score (nSPS) is 19.5. The van der Waals surface area contributed by atoms with Crippen LogP contribution in [0.15, 0.2) is 101 Å². The van der Waals surface area contributed by atoms with E-state index < -0.39 is 29.6 Å². The predicted octanol–water partition coefficient (Wildman–Crippen LogP) is 3.47. The van der Waals surface area contributed by atoms with Gasteiger partial charge in [-0.05, 0) is 41.6 Å². The molecule has 1 aromatic heterocycles. The highest BCUT2D eigenvalue weighted by Crippen LogP contribution is 2.43. The summed E-state index contributed by atoms with van der Waals surface area (Å²) in [6.45, 7) is 1.56. The zero-order valence-corrected chi connectivity index (χ0v) is 18.7. The van der Waals surface area contributed by atoms with Crippen molar-refractivity contribution in [3.05, 3.63) is 107 Å². The minimum absolute atomic E-state index is 0.0725. The van der Waals surface area contributed by atoms with Crippen LogP contribution in [0.5, 0.6) is 11.8 Å². The minimum Gasteiger partial charge on any atom is -0.859 e. The Labute approximate surface area is 201 Å². The van der Waals surface area contributed by atoms with Gasteiger partial charge >= 0.3 is 0 Å². The van der Waals surface area contributed by atoms with Crippen molar-refractivity contribution >= 4 is 17.5 Å². The number of imide groups is 1. The molecule has 0 N–H and O–H groups in total. The third-order valence-electron chi connectivity index (χ3n) is 6.17. The Bertz CT molecular complexity index is 1320. The van der Waals surface area contributed by atoms with Crippen molar-refractivity contribution in [2.24, 2.45) is 22.1 Å². The maximum absolute atomic E-state index is 13.8. The van der Waals surface area contributed by atoms with Crippen molar-refractivity contribution < 1.29 is 19.8 Å². The first-order valence-electron chi connectivity index (χ1n) is 11.1. The van der Waals surface area contributed by atoms with Crippen LogP contribution in [0, 0.1) is 18.8 Å². The number of amides is 2. The number of rotatable bonds is 5. The standard InChI is InChI=1S/C27H22N4O4/c1-16-15-21(32)28-25(33)23(16)30-29-20-14-8-13-19-22(20)27(35)31(26(19)34)24(17-9-4-2-5-10-17)18-11-6-3-7-12-18/h2-15,19,22,24H,1H3,(H2,28,32,33)/p-2. The molecular formula is C27H20N4O4-2. The lowest BCUT2D eigenvalue weighted by atomic mass is 9.88. The average Bonchev–Trinajstić information content (AvgIpc) is 3.11. The number of hydrogen-bond donors (Lipinski definition) is 0. The fourth-order valence-electron chi connectivity index (χ4n) is 4.54. The van der Waals surface area contributed by atoms with Crippen LogP contribution in [0.2, 0.25) is 0 Å². The van der Waals surface area contributed by atoms with Crippen LogP contribution in [0.4, 0.5) is 5.69 Å². The van der Waals surface area contributed by atoms with E-state index in [2.05, 4.69) is 15.2 Å². The van der Waals surface area contributed by atoms with Crippen molar-refractivity contribution in [1.29, 1.82) is 0 Å². The summed E-state index contributed by atoms with van der Waals surface area (Å²) in [7, 11) is 0. The molecule has 1 aliphatic carbocycles. The molecule has 8 nitrogen and oxygen atoms in total. The van der Waals surface area contributed by atoms with E-state index in [1.165, 1.54) is 11.0 Å². The SMILES string of the molecule is Cc1cc([O-])nc([O-])c1N=NC1=CC=CC2C(=O)N(C(c3ccccc3)c3ccccc3)C(=O)C12. The molecule has 2 heterocycles. The average molecular weight is 464 g/mol. The Balaban J connectivity index is 1.53. The lowest BCUT2D eigenvalue weighted by Gasteiger charge is -2.27. The number of fused-ring (bicyclic) bond motifs is 1. The van der Waals surface area contributed by atoms with Gasteiger partial charge in [-0.15, -0.1) is 5.11 Å². The second-order valence-electron chi connectivity index (χ2n) is 8.38. The maximum Gasteiger partial charge on any atom is 0.240 e. The first kappa shape index (κ1) is 22.2. The van der Waals surface area contributed by atoms with Crippen molar-refractivity contribution in [2.45, 2.75) is 13.0 Å². The van der Waals surface area contributed by atoms with Gasteiger partial charge in [-0.25, -0.2) is 0 Å². The molecule has 0 spiro atoms. The number of likely N-dealkylation sites (tertiary alicyclic amines) is 1. The van der Waals surface area contributed by atoms with E-state index in [0.717, 1.165) is 11.1 Å². The first-order valence-corrected chi connectivity index (χ1v) is 11.1. The van der Waals surface area contributed by atoms with Crippen LogP contribution in [0.3, 0.4) is 0 Å². The van der Waals surface area contributed by atoms with E-state index in [9.17, 15) is 19.8 Å². The van der Waals surface area contributed by atoms with Crippen LogP contribution in [-0.4, -0.2) is 21.7 Å². The predicted molar refractivity (Wildman–Crippen MR) is 123 cm³/mol. The lowest BCUT2D eigenvalue weighted by molar-refractivity contribution is -0.292. The highest BCUT2D eigenvalue weighted by atomic mass is 16.3. The van der Waals surface area contributed by atoms with E-state index >= 15 is 0 Å². The summed E-state index contributed by atoms with van der Waals surface area (Å²) in [6.07, 6.45) is 4.96. The van der Waals surface area contributed by atoms with Gasteiger partial charge in [-0.1, -0.05) is 72.8 Å². The van der Waals surface area contributed by atoms with Crippen LogP contribution in [0.25, 0.3) is 0 Å². The van der Waals surface area contributed by atoms with Gasteiger partial charge in [-0.2, -0.15) is 5.11 Å². The third-order valence-corrected chi connectivity index (χ3v) is 6.17. The fourth-order valence-corrected chi connectivity index (χ4v) is 4.54. The van der Waals surface area contributed by atoms with Crippen molar-refractivity contribution in [2.75, 3.05) is 0 Å². The highest BCUT2D eigenvalue weighted by molar-refractivity contribution is 6.08. The third kappa shape index (κ3) is 3.99. The lowest BCUT2D eigenvalue weighted by Crippen LogP contribution is -2.36. The summed E-state index contributed by atoms with van der Waals surface area (Å²) in [5, 5.41) is 31.7. The smallest absolute Gasteiger partial charge is 0.240 e. The van der Waals surface area contributed by atoms with E-state index in [-0.39, 0.29) is 23.2 Å². The summed E-state index contributed by atoms with van der Waals surface area (Å²) < 4.78 is 0. The molecule has 35 heavy (non-hydrogen) atoms. The minimum atomic E-state index is -0.867. The van der Waals surface area contributed by atoms with Gasteiger partial charge in [0.2, 0.25) is 11.8 Å². The summed E-state index contributed by atoms with van der Waals surface area (Å²) in [5.41, 5.74) is 2.15. The van der Waals surface area contributed by atoms with E-state index in [4.69, 9.17) is 0 Å². The second-order valence-corrected chi connectivity index (χ2v) is 8.38. The number of carbonyl (C=O) groups is 2. The highest BCUT2D eigenvalue weighted by Gasteiger charge is 2.52. The van der Waals surface area contributed by atoms with Crippen molar-refractivity contribution in [3.63, 3.8) is 0 Å². The van der Waals surface area contributed by atoms with Gasteiger partial charge in [0.05, 0.1) is 29.3 Å². The molecule has 0 bridgehead atoms. The largest absolute Gasteiger partial charge is 0.859 e. The molecule has 2 unspecified atom stereocenters. The molecule has 0 saturated carbocycles. The zero-order chi connectivity index (χ0) is 24.5. The van der Waals surface area contributed by atoms with Crippen molar-refractivity contribution in [3.8, 4) is 11.8 Å². The number of nitrogens with zero attached hydrogens (tertiary/aromatic N) is 4. The van der Waals surface area contributed by atoms with Crippen LogP contribution < -0.4 is 10.2 Å². The molecule has 2 atom stereocenters. The Kier molecular flexibility index (Phi) is 5.70. The second kappa shape index (κ2) is 8.98. The van der Waals surface area contributed by atoms with Gasteiger partial charge in [0.25, 0.3) is 0 Å². The number of azo groups is 1. The number of hydrogen-bond acceptors (Lipinski definition) is 7. The van der Waals surface area contributed by atoms with Crippen molar-refractivity contribution in [1.82, 2.24) is 9.88 Å². The van der Waals surface area contributed by atoms with Crippen LogP contribution >= 0.6 is 0 Å². The van der Waals surface area contributed by atoms with E-state index in [0.29, 0.717) is 5.56 Å². The Hall–Kier alpha value is -4.59. The zero-order valence-electron chi connectivity index (χ0n) is 18.7. The summed E-state index contributed by atoms with van der Waals surface area (Å²) in [6, 6.07) is 19.4. The summed E-state index contributed by atoms with van der Waals surface area (Å²) >= 11 is 0. The molecule has 5 rings (SSSR count). The van der Waals surface area contributed by atoms with Gasteiger partial charge in [-0.3, -0.25) is 19.5 Å².